The van der Waals surface area contributed by atoms with Crippen LogP contribution in [0, 0.1) is 6.92 Å². The van der Waals surface area contributed by atoms with E-state index < -0.39 is 11.5 Å². The molecule has 0 saturated carbocycles. The highest BCUT2D eigenvalue weighted by atomic mass is 32.1. The molecule has 3 N–H and O–H groups in total. The van der Waals surface area contributed by atoms with Gasteiger partial charge >= 0.3 is 0 Å². The van der Waals surface area contributed by atoms with E-state index in [4.69, 9.17) is 5.73 Å². The van der Waals surface area contributed by atoms with Crippen LogP contribution in [0.1, 0.15) is 30.1 Å². The molecular weight excluding hydrogens is 314 g/mol. The zero-order valence-corrected chi connectivity index (χ0v) is 13.9. The molecule has 3 heterocycles. The molecule has 0 saturated heterocycles. The van der Waals surface area contributed by atoms with Crippen LogP contribution >= 0.6 is 11.3 Å². The number of aryl methyl sites for hydroxylation is 1. The predicted octanol–water partition coefficient (Wildman–Crippen LogP) is 1.44. The van der Waals surface area contributed by atoms with Crippen LogP contribution in [-0.4, -0.2) is 30.8 Å². The number of carbonyl (C=O) groups excluding carboxylic acids is 1. The molecule has 0 aliphatic rings. The Hall–Kier alpha value is -2.32. The molecular formula is C15H17N5O2S. The molecule has 3 aromatic rings. The maximum Gasteiger partial charge on any atom is 0.223 e. The van der Waals surface area contributed by atoms with Gasteiger partial charge in [0.2, 0.25) is 11.0 Å². The minimum absolute atomic E-state index is 0.0763. The summed E-state index contributed by atoms with van der Waals surface area (Å²) in [6, 6.07) is 1.79. The fraction of sp³-hybridized carbons (Fsp3) is 0.333. The van der Waals surface area contributed by atoms with E-state index in [0.717, 1.165) is 15.8 Å². The van der Waals surface area contributed by atoms with E-state index in [1.807, 2.05) is 6.92 Å². The summed E-state index contributed by atoms with van der Waals surface area (Å²) < 4.78 is 1.69. The van der Waals surface area contributed by atoms with Gasteiger partial charge in [-0.25, -0.2) is 9.67 Å². The van der Waals surface area contributed by atoms with Crippen molar-refractivity contribution in [3.8, 4) is 5.13 Å². The first kappa shape index (κ1) is 15.6. The van der Waals surface area contributed by atoms with Crippen LogP contribution in [0.3, 0.4) is 0 Å². The van der Waals surface area contributed by atoms with Gasteiger partial charge in [-0.3, -0.25) is 9.78 Å². The standard InChI is InChI=1S/C15H17N5O2S/c1-8-13(15(2,3)22)19-14(23-8)20-11-4-10(5-12(16)21)17-6-9(11)7-18-20/h4,6-7,22H,5H2,1-3H3,(H2,16,21). The van der Waals surface area contributed by atoms with E-state index in [1.165, 1.54) is 11.3 Å². The second-order valence-corrected chi connectivity index (χ2v) is 7.08. The average molecular weight is 331 g/mol. The largest absolute Gasteiger partial charge is 0.384 e. The Morgan fingerprint density at radius 1 is 1.43 bits per heavy atom. The number of nitrogens with zero attached hydrogens (tertiary/aromatic N) is 4. The molecule has 0 aliphatic carbocycles. The quantitative estimate of drug-likeness (QED) is 0.752. The van der Waals surface area contributed by atoms with Crippen LogP contribution < -0.4 is 5.73 Å². The first-order valence-corrected chi connectivity index (χ1v) is 7.89. The third kappa shape index (κ3) is 2.95. The molecule has 0 fully saturated rings. The van der Waals surface area contributed by atoms with Gasteiger partial charge < -0.3 is 10.8 Å². The zero-order chi connectivity index (χ0) is 16.8. The van der Waals surface area contributed by atoms with Crippen LogP contribution in [0.15, 0.2) is 18.5 Å². The minimum atomic E-state index is -1.01. The molecule has 3 aromatic heterocycles. The summed E-state index contributed by atoms with van der Waals surface area (Å²) in [4.78, 5) is 20.7. The van der Waals surface area contributed by atoms with Crippen molar-refractivity contribution in [2.45, 2.75) is 32.8 Å². The van der Waals surface area contributed by atoms with Gasteiger partial charge in [0, 0.05) is 16.5 Å². The molecule has 0 bridgehead atoms. The number of primary amides is 1. The lowest BCUT2D eigenvalue weighted by molar-refractivity contribution is -0.117. The van der Waals surface area contributed by atoms with E-state index in [0.29, 0.717) is 16.5 Å². The third-order valence-electron chi connectivity index (χ3n) is 3.41. The summed E-state index contributed by atoms with van der Waals surface area (Å²) in [6.07, 6.45) is 3.43. The van der Waals surface area contributed by atoms with Gasteiger partial charge in [-0.1, -0.05) is 11.3 Å². The van der Waals surface area contributed by atoms with Crippen molar-refractivity contribution < 1.29 is 9.90 Å². The molecule has 0 spiro atoms. The summed E-state index contributed by atoms with van der Waals surface area (Å²) in [7, 11) is 0. The highest BCUT2D eigenvalue weighted by molar-refractivity contribution is 7.14. The highest BCUT2D eigenvalue weighted by Gasteiger charge is 2.24. The van der Waals surface area contributed by atoms with Gasteiger partial charge in [0.15, 0.2) is 0 Å². The van der Waals surface area contributed by atoms with E-state index in [-0.39, 0.29) is 6.42 Å². The number of pyridine rings is 1. The molecule has 0 aliphatic heterocycles. The van der Waals surface area contributed by atoms with E-state index in [9.17, 15) is 9.90 Å². The molecule has 0 unspecified atom stereocenters. The Kier molecular flexibility index (Phi) is 3.65. The molecule has 0 aromatic carbocycles. The van der Waals surface area contributed by atoms with E-state index in [1.54, 1.807) is 37.0 Å². The van der Waals surface area contributed by atoms with Crippen molar-refractivity contribution in [1.29, 1.82) is 0 Å². The van der Waals surface area contributed by atoms with Crippen molar-refractivity contribution in [3.63, 3.8) is 0 Å². The SMILES string of the molecule is Cc1sc(-n2ncc3cnc(CC(N)=O)cc32)nc1C(C)(C)O. The van der Waals surface area contributed by atoms with Crippen molar-refractivity contribution in [2.24, 2.45) is 5.73 Å². The molecule has 1 amide bonds. The van der Waals surface area contributed by atoms with Crippen LogP contribution in [0.25, 0.3) is 16.0 Å². The summed E-state index contributed by atoms with van der Waals surface area (Å²) >= 11 is 1.45. The maximum absolute atomic E-state index is 11.1. The molecule has 8 heteroatoms. The van der Waals surface area contributed by atoms with Crippen molar-refractivity contribution >= 4 is 28.1 Å². The lowest BCUT2D eigenvalue weighted by atomic mass is 10.1. The van der Waals surface area contributed by atoms with Gasteiger partial charge in [-0.2, -0.15) is 5.10 Å². The number of hydrogen-bond acceptors (Lipinski definition) is 6. The summed E-state index contributed by atoms with van der Waals surface area (Å²) in [5, 5.41) is 16.0. The molecule has 0 atom stereocenters. The normalized spacial score (nSPS) is 12.0. The summed E-state index contributed by atoms with van der Waals surface area (Å²) in [5.74, 6) is -0.433. The van der Waals surface area contributed by atoms with Gasteiger partial charge in [0.05, 0.1) is 29.5 Å². The number of hydrogen-bond donors (Lipinski definition) is 2. The molecule has 120 valence electrons. The third-order valence-corrected chi connectivity index (χ3v) is 4.36. The first-order chi connectivity index (χ1) is 10.8. The number of carbonyl (C=O) groups is 1. The van der Waals surface area contributed by atoms with Crippen LogP contribution in [0.4, 0.5) is 0 Å². The molecule has 7 nitrogen and oxygen atoms in total. The number of rotatable bonds is 4. The monoisotopic (exact) mass is 331 g/mol. The van der Waals surface area contributed by atoms with Crippen LogP contribution in [0.2, 0.25) is 0 Å². The second kappa shape index (κ2) is 5.39. The van der Waals surface area contributed by atoms with E-state index in [2.05, 4.69) is 15.1 Å². The fourth-order valence-corrected chi connectivity index (χ4v) is 3.47. The Morgan fingerprint density at radius 3 is 2.78 bits per heavy atom. The summed E-state index contributed by atoms with van der Waals surface area (Å²) in [5.41, 5.74) is 6.23. The fourth-order valence-electron chi connectivity index (χ4n) is 2.43. The topological polar surface area (TPSA) is 107 Å². The number of fused-ring (bicyclic) bond motifs is 1. The Labute approximate surface area is 136 Å². The number of thiazole rings is 1. The lowest BCUT2D eigenvalue weighted by Crippen LogP contribution is -2.17. The molecule has 3 rings (SSSR count). The Bertz CT molecular complexity index is 891. The first-order valence-electron chi connectivity index (χ1n) is 7.07. The number of aromatic nitrogens is 4. The lowest BCUT2D eigenvalue weighted by Gasteiger charge is -2.14. The average Bonchev–Trinajstić information content (AvgIpc) is 3.00. The Morgan fingerprint density at radius 2 is 2.17 bits per heavy atom. The van der Waals surface area contributed by atoms with Crippen LogP contribution in [0.5, 0.6) is 0 Å². The van der Waals surface area contributed by atoms with Gasteiger partial charge in [-0.05, 0) is 26.8 Å². The zero-order valence-electron chi connectivity index (χ0n) is 13.1. The van der Waals surface area contributed by atoms with Gasteiger partial charge in [-0.15, -0.1) is 0 Å². The van der Waals surface area contributed by atoms with Gasteiger partial charge in [0.25, 0.3) is 0 Å². The maximum atomic E-state index is 11.1. The predicted molar refractivity (Wildman–Crippen MR) is 87.4 cm³/mol. The Balaban J connectivity index is 2.11. The van der Waals surface area contributed by atoms with Crippen LogP contribution in [-0.2, 0) is 16.8 Å². The summed E-state index contributed by atoms with van der Waals surface area (Å²) in [6.45, 7) is 5.32. The molecule has 0 radical (unpaired) electrons. The number of amides is 1. The van der Waals surface area contributed by atoms with Gasteiger partial charge in [0.1, 0.15) is 5.60 Å². The minimum Gasteiger partial charge on any atom is -0.384 e. The molecule has 23 heavy (non-hydrogen) atoms. The highest BCUT2D eigenvalue weighted by Crippen LogP contribution is 2.30. The number of nitrogens with two attached hydrogens (primary N) is 1. The second-order valence-electron chi connectivity index (χ2n) is 5.89. The smallest absolute Gasteiger partial charge is 0.223 e. The van der Waals surface area contributed by atoms with E-state index >= 15 is 0 Å². The van der Waals surface area contributed by atoms with Crippen molar-refractivity contribution in [1.82, 2.24) is 19.7 Å². The van der Waals surface area contributed by atoms with Crippen molar-refractivity contribution in [2.75, 3.05) is 0 Å². The number of aliphatic hydroxyl groups is 1. The van der Waals surface area contributed by atoms with Crippen molar-refractivity contribution in [3.05, 3.63) is 34.7 Å².